The van der Waals surface area contributed by atoms with Crippen LogP contribution in [-0.2, 0) is 11.3 Å². The van der Waals surface area contributed by atoms with Crippen LogP contribution in [0.5, 0.6) is 0 Å². The summed E-state index contributed by atoms with van der Waals surface area (Å²) < 4.78 is 5.39. The first-order valence-electron chi connectivity index (χ1n) is 10.5. The van der Waals surface area contributed by atoms with Crippen LogP contribution in [0, 0.1) is 0 Å². The zero-order valence-electron chi connectivity index (χ0n) is 16.7. The highest BCUT2D eigenvalue weighted by Gasteiger charge is 2.56. The van der Waals surface area contributed by atoms with Crippen molar-refractivity contribution in [3.05, 3.63) is 89.9 Å². The summed E-state index contributed by atoms with van der Waals surface area (Å²) in [6, 6.07) is 21.0. The molecule has 1 N–H and O–H groups in total. The van der Waals surface area contributed by atoms with E-state index in [1.807, 2.05) is 71.6 Å². The predicted octanol–water partition coefficient (Wildman–Crippen LogP) is 4.65. The van der Waals surface area contributed by atoms with E-state index in [0.717, 1.165) is 36.9 Å². The predicted molar refractivity (Wildman–Crippen MR) is 114 cm³/mol. The summed E-state index contributed by atoms with van der Waals surface area (Å²) in [6.45, 7) is 0.333. The first-order chi connectivity index (χ1) is 14.7. The molecule has 1 aliphatic carbocycles. The Labute approximate surface area is 175 Å². The molecule has 2 amide bonds. The minimum absolute atomic E-state index is 0.0196. The maximum Gasteiger partial charge on any atom is 0.259 e. The van der Waals surface area contributed by atoms with Gasteiger partial charge in [-0.1, -0.05) is 49.2 Å². The maximum atomic E-state index is 13.7. The average Bonchev–Trinajstić information content (AvgIpc) is 3.46. The Morgan fingerprint density at radius 3 is 2.47 bits per heavy atom. The molecule has 2 heterocycles. The second-order valence-electron chi connectivity index (χ2n) is 8.10. The molecule has 3 aromatic rings. The molecular weight excluding hydrogens is 376 g/mol. The molecule has 2 aromatic carbocycles. The number of rotatable bonds is 4. The van der Waals surface area contributed by atoms with Crippen molar-refractivity contribution in [2.24, 2.45) is 0 Å². The van der Waals surface area contributed by atoms with Crippen LogP contribution in [0.4, 0.5) is 5.69 Å². The lowest BCUT2D eigenvalue weighted by Gasteiger charge is -2.50. The third kappa shape index (κ3) is 2.93. The third-order valence-corrected chi connectivity index (χ3v) is 6.45. The van der Waals surface area contributed by atoms with Gasteiger partial charge >= 0.3 is 0 Å². The van der Waals surface area contributed by atoms with E-state index in [-0.39, 0.29) is 11.8 Å². The van der Waals surface area contributed by atoms with Gasteiger partial charge in [0.05, 0.1) is 24.3 Å². The van der Waals surface area contributed by atoms with Gasteiger partial charge in [0.25, 0.3) is 5.91 Å². The van der Waals surface area contributed by atoms with E-state index in [2.05, 4.69) is 5.32 Å². The fraction of sp³-hybridized carbons (Fsp3) is 0.280. The number of hydrogen-bond acceptors (Lipinski definition) is 3. The number of hydrogen-bond donors (Lipinski definition) is 1. The van der Waals surface area contributed by atoms with Gasteiger partial charge in [-0.05, 0) is 48.7 Å². The van der Waals surface area contributed by atoms with Crippen LogP contribution in [0.1, 0.15) is 53.3 Å². The highest BCUT2D eigenvalue weighted by atomic mass is 16.3. The standard InChI is InChI=1S/C25H24N2O3/c28-23(26-17-19-11-8-16-30-19)22-20-12-4-5-13-21(20)24(29)27(18-9-2-1-3-10-18)25(22)14-6-7-15-25/h1-5,8-13,16,22H,6-7,14-15,17H2,(H,26,28). The fourth-order valence-corrected chi connectivity index (χ4v) is 5.21. The maximum absolute atomic E-state index is 13.7. The van der Waals surface area contributed by atoms with E-state index in [1.54, 1.807) is 6.26 Å². The average molecular weight is 400 g/mol. The molecule has 5 nitrogen and oxygen atoms in total. The molecule has 0 radical (unpaired) electrons. The van der Waals surface area contributed by atoms with Gasteiger partial charge in [0.2, 0.25) is 5.91 Å². The summed E-state index contributed by atoms with van der Waals surface area (Å²) in [6.07, 6.45) is 5.22. The zero-order valence-corrected chi connectivity index (χ0v) is 16.7. The minimum atomic E-state index is -0.556. The van der Waals surface area contributed by atoms with E-state index in [4.69, 9.17) is 4.42 Å². The van der Waals surface area contributed by atoms with Gasteiger partial charge in [-0.15, -0.1) is 0 Å². The summed E-state index contributed by atoms with van der Waals surface area (Å²) in [5.41, 5.74) is 1.73. The SMILES string of the molecule is O=C(NCc1ccco1)C1c2ccccc2C(=O)N(c2ccccc2)C12CCCC2. The summed E-state index contributed by atoms with van der Waals surface area (Å²) in [7, 11) is 0. The fourth-order valence-electron chi connectivity index (χ4n) is 5.21. The number of anilines is 1. The number of para-hydroxylation sites is 1. The van der Waals surface area contributed by atoms with Crippen molar-refractivity contribution < 1.29 is 14.0 Å². The van der Waals surface area contributed by atoms with Gasteiger partial charge in [0, 0.05) is 11.3 Å². The lowest BCUT2D eigenvalue weighted by molar-refractivity contribution is -0.124. The number of furan rings is 1. The smallest absolute Gasteiger partial charge is 0.259 e. The van der Waals surface area contributed by atoms with Crippen LogP contribution in [0.25, 0.3) is 0 Å². The topological polar surface area (TPSA) is 62.6 Å². The van der Waals surface area contributed by atoms with E-state index in [1.165, 1.54) is 0 Å². The number of nitrogens with one attached hydrogen (secondary N) is 1. The van der Waals surface area contributed by atoms with E-state index < -0.39 is 11.5 Å². The number of fused-ring (bicyclic) bond motifs is 1. The van der Waals surface area contributed by atoms with Crippen LogP contribution >= 0.6 is 0 Å². The lowest BCUT2D eigenvalue weighted by Crippen LogP contribution is -2.61. The van der Waals surface area contributed by atoms with Crippen LogP contribution in [0.2, 0.25) is 0 Å². The third-order valence-electron chi connectivity index (χ3n) is 6.45. The van der Waals surface area contributed by atoms with E-state index in [0.29, 0.717) is 17.9 Å². The first-order valence-corrected chi connectivity index (χ1v) is 10.5. The molecule has 0 saturated heterocycles. The van der Waals surface area contributed by atoms with Crippen molar-refractivity contribution in [1.82, 2.24) is 5.32 Å². The Balaban J connectivity index is 1.61. The molecule has 1 saturated carbocycles. The summed E-state index contributed by atoms with van der Waals surface area (Å²) in [5, 5.41) is 3.06. The highest BCUT2D eigenvalue weighted by molar-refractivity contribution is 6.12. The number of carbonyl (C=O) groups is 2. The van der Waals surface area contributed by atoms with Crippen LogP contribution in [-0.4, -0.2) is 17.4 Å². The molecule has 5 heteroatoms. The monoisotopic (exact) mass is 400 g/mol. The Bertz CT molecular complexity index is 1050. The van der Waals surface area contributed by atoms with Crippen molar-refractivity contribution in [3.8, 4) is 0 Å². The number of carbonyl (C=O) groups excluding carboxylic acids is 2. The summed E-state index contributed by atoms with van der Waals surface area (Å²) in [5.74, 6) is 0.205. The van der Waals surface area contributed by atoms with Crippen molar-refractivity contribution in [3.63, 3.8) is 0 Å². The normalized spacial score (nSPS) is 19.7. The first kappa shape index (κ1) is 18.7. The second kappa shape index (κ2) is 7.48. The molecule has 1 spiro atoms. The number of nitrogens with zero attached hydrogens (tertiary/aromatic N) is 1. The Morgan fingerprint density at radius 2 is 1.73 bits per heavy atom. The molecule has 1 fully saturated rings. The quantitative estimate of drug-likeness (QED) is 0.693. The van der Waals surface area contributed by atoms with Gasteiger partial charge in [-0.3, -0.25) is 9.59 Å². The zero-order chi connectivity index (χ0) is 20.6. The van der Waals surface area contributed by atoms with Crippen molar-refractivity contribution in [2.75, 3.05) is 4.90 Å². The Morgan fingerprint density at radius 1 is 1.00 bits per heavy atom. The number of benzene rings is 2. The van der Waals surface area contributed by atoms with Crippen molar-refractivity contribution in [1.29, 1.82) is 0 Å². The Hall–Kier alpha value is -3.34. The molecule has 1 unspecified atom stereocenters. The van der Waals surface area contributed by atoms with Crippen molar-refractivity contribution >= 4 is 17.5 Å². The van der Waals surface area contributed by atoms with E-state index >= 15 is 0 Å². The molecule has 2 aliphatic rings. The van der Waals surface area contributed by atoms with E-state index in [9.17, 15) is 9.59 Å². The molecule has 1 aromatic heterocycles. The van der Waals surface area contributed by atoms with Crippen LogP contribution < -0.4 is 10.2 Å². The second-order valence-corrected chi connectivity index (χ2v) is 8.10. The Kier molecular flexibility index (Phi) is 4.66. The summed E-state index contributed by atoms with van der Waals surface area (Å²) >= 11 is 0. The minimum Gasteiger partial charge on any atom is -0.467 e. The molecule has 152 valence electrons. The summed E-state index contributed by atoms with van der Waals surface area (Å²) in [4.78, 5) is 29.2. The molecule has 30 heavy (non-hydrogen) atoms. The van der Waals surface area contributed by atoms with Gasteiger partial charge < -0.3 is 14.6 Å². The van der Waals surface area contributed by atoms with Crippen LogP contribution in [0.15, 0.2) is 77.4 Å². The largest absolute Gasteiger partial charge is 0.467 e. The van der Waals surface area contributed by atoms with Gasteiger partial charge in [0.1, 0.15) is 5.76 Å². The van der Waals surface area contributed by atoms with Gasteiger partial charge in [-0.25, -0.2) is 0 Å². The number of amides is 2. The van der Waals surface area contributed by atoms with Crippen LogP contribution in [0.3, 0.4) is 0 Å². The molecule has 5 rings (SSSR count). The van der Waals surface area contributed by atoms with Crippen molar-refractivity contribution in [2.45, 2.75) is 43.7 Å². The molecular formula is C25H24N2O3. The highest BCUT2D eigenvalue weighted by Crippen LogP contribution is 2.51. The molecule has 1 aliphatic heterocycles. The molecule has 0 bridgehead atoms. The van der Waals surface area contributed by atoms with Gasteiger partial charge in [-0.2, -0.15) is 0 Å². The molecule has 1 atom stereocenters. The van der Waals surface area contributed by atoms with Gasteiger partial charge in [0.15, 0.2) is 0 Å². The lowest BCUT2D eigenvalue weighted by atomic mass is 9.70.